The number of nitrogens with two attached hydrogens (primary N) is 1. The number of nitrogens with one attached hydrogen (secondary N) is 1. The van der Waals surface area contributed by atoms with Crippen LogP contribution in [0.25, 0.3) is 0 Å². The maximum atomic E-state index is 13.1. The highest BCUT2D eigenvalue weighted by Crippen LogP contribution is 2.26. The second kappa shape index (κ2) is 5.79. The number of hydrogen-bond acceptors (Lipinski definition) is 4. The topological polar surface area (TPSA) is 60.2 Å². The van der Waals surface area contributed by atoms with E-state index in [-0.39, 0.29) is 12.4 Å². The zero-order chi connectivity index (χ0) is 13.0. The summed E-state index contributed by atoms with van der Waals surface area (Å²) in [7, 11) is 0. The summed E-state index contributed by atoms with van der Waals surface area (Å²) in [4.78, 5) is 4.05. The highest BCUT2D eigenvalue weighted by molar-refractivity contribution is 9.10. The zero-order valence-electron chi connectivity index (χ0n) is 9.36. The lowest BCUT2D eigenvalue weighted by Gasteiger charge is -2.10. The Morgan fingerprint density at radius 2 is 2.22 bits per heavy atom. The van der Waals surface area contributed by atoms with Gasteiger partial charge < -0.3 is 10.2 Å². The van der Waals surface area contributed by atoms with Crippen LogP contribution in [0.1, 0.15) is 5.56 Å². The Labute approximate surface area is 112 Å². The number of hydrogen-bond donors (Lipinski definition) is 2. The highest BCUT2D eigenvalue weighted by Gasteiger charge is 2.06. The van der Waals surface area contributed by atoms with Crippen LogP contribution in [-0.2, 0) is 6.61 Å². The number of benzene rings is 1. The molecule has 3 N–H and O–H groups in total. The first-order chi connectivity index (χ1) is 8.70. The van der Waals surface area contributed by atoms with Crippen molar-refractivity contribution in [3.05, 3.63) is 52.4 Å². The Bertz CT molecular complexity index is 551. The molecule has 0 atom stereocenters. The molecule has 0 fully saturated rings. The predicted octanol–water partition coefficient (Wildman–Crippen LogP) is 2.85. The van der Waals surface area contributed by atoms with Crippen molar-refractivity contribution < 1.29 is 9.13 Å². The molecule has 0 aliphatic carbocycles. The third kappa shape index (κ3) is 2.96. The molecule has 0 radical (unpaired) electrons. The minimum Gasteiger partial charge on any atom is -0.487 e. The van der Waals surface area contributed by atoms with Gasteiger partial charge in [-0.25, -0.2) is 15.2 Å². The third-order valence-electron chi connectivity index (χ3n) is 2.30. The quantitative estimate of drug-likeness (QED) is 0.673. The molecule has 0 aliphatic heterocycles. The molecule has 94 valence electrons. The predicted molar refractivity (Wildman–Crippen MR) is 70.5 cm³/mol. The van der Waals surface area contributed by atoms with Crippen LogP contribution in [0.15, 0.2) is 41.0 Å². The molecule has 0 aliphatic rings. The molecule has 18 heavy (non-hydrogen) atoms. The minimum atomic E-state index is -0.350. The van der Waals surface area contributed by atoms with Crippen LogP contribution in [0.4, 0.5) is 10.2 Å². The molecular formula is C12H11BrFN3O. The van der Waals surface area contributed by atoms with Crippen LogP contribution in [0.2, 0.25) is 0 Å². The van der Waals surface area contributed by atoms with Crippen LogP contribution in [-0.4, -0.2) is 4.98 Å². The molecule has 0 unspecified atom stereocenters. The van der Waals surface area contributed by atoms with E-state index in [4.69, 9.17) is 10.6 Å². The largest absolute Gasteiger partial charge is 0.487 e. The van der Waals surface area contributed by atoms with Gasteiger partial charge in [0.25, 0.3) is 0 Å². The van der Waals surface area contributed by atoms with Crippen molar-refractivity contribution in [2.24, 2.45) is 5.84 Å². The molecule has 0 saturated carbocycles. The second-order valence-electron chi connectivity index (χ2n) is 3.52. The van der Waals surface area contributed by atoms with Gasteiger partial charge in [0.05, 0.1) is 4.47 Å². The lowest BCUT2D eigenvalue weighted by Crippen LogP contribution is -2.12. The fraction of sp³-hybridized carbons (Fsp3) is 0.0833. The number of nitrogen functional groups attached to an aromatic ring is 1. The molecular weight excluding hydrogens is 301 g/mol. The lowest BCUT2D eigenvalue weighted by molar-refractivity contribution is 0.303. The van der Waals surface area contributed by atoms with E-state index in [1.54, 1.807) is 18.3 Å². The molecule has 2 aromatic rings. The van der Waals surface area contributed by atoms with Gasteiger partial charge >= 0.3 is 0 Å². The summed E-state index contributed by atoms with van der Waals surface area (Å²) in [6.07, 6.45) is 1.62. The van der Waals surface area contributed by atoms with Crippen molar-refractivity contribution in [1.82, 2.24) is 4.98 Å². The number of aromatic nitrogens is 1. The summed E-state index contributed by atoms with van der Waals surface area (Å²) in [6.45, 7) is 0.245. The van der Waals surface area contributed by atoms with Crippen LogP contribution in [0.3, 0.4) is 0 Å². The van der Waals surface area contributed by atoms with Crippen molar-refractivity contribution in [1.29, 1.82) is 0 Å². The van der Waals surface area contributed by atoms with E-state index in [0.29, 0.717) is 16.0 Å². The van der Waals surface area contributed by atoms with Crippen molar-refractivity contribution >= 4 is 21.7 Å². The summed E-state index contributed by atoms with van der Waals surface area (Å²) >= 11 is 3.29. The monoisotopic (exact) mass is 311 g/mol. The fourth-order valence-corrected chi connectivity index (χ4v) is 1.79. The zero-order valence-corrected chi connectivity index (χ0v) is 10.9. The van der Waals surface area contributed by atoms with Gasteiger partial charge in [0, 0.05) is 17.8 Å². The first-order valence-electron chi connectivity index (χ1n) is 5.19. The number of hydrazine groups is 1. The fourth-order valence-electron chi connectivity index (χ4n) is 1.43. The third-order valence-corrected chi connectivity index (χ3v) is 2.96. The van der Waals surface area contributed by atoms with Crippen LogP contribution >= 0.6 is 15.9 Å². The maximum Gasteiger partial charge on any atom is 0.146 e. The lowest BCUT2D eigenvalue weighted by atomic mass is 10.2. The Kier molecular flexibility index (Phi) is 4.11. The van der Waals surface area contributed by atoms with Gasteiger partial charge in [0.1, 0.15) is 24.0 Å². The molecule has 0 saturated heterocycles. The average molecular weight is 312 g/mol. The van der Waals surface area contributed by atoms with Crippen molar-refractivity contribution in [2.45, 2.75) is 6.61 Å². The Morgan fingerprint density at radius 1 is 1.39 bits per heavy atom. The number of ether oxygens (including phenoxy) is 1. The molecule has 0 bridgehead atoms. The molecule has 1 aromatic carbocycles. The summed E-state index contributed by atoms with van der Waals surface area (Å²) in [5.41, 5.74) is 3.27. The molecule has 1 aromatic heterocycles. The van der Waals surface area contributed by atoms with E-state index < -0.39 is 0 Å². The summed E-state index contributed by atoms with van der Waals surface area (Å²) in [5.74, 6) is 5.95. The van der Waals surface area contributed by atoms with Crippen molar-refractivity contribution in [3.8, 4) is 5.75 Å². The van der Waals surface area contributed by atoms with Gasteiger partial charge in [-0.2, -0.15) is 0 Å². The molecule has 0 spiro atoms. The standard InChI is InChI=1S/C12H11BrFN3O/c13-10-4-3-9(14)6-11(10)18-7-8-2-1-5-16-12(8)17-15/h1-6H,7,15H2,(H,16,17). The number of halogens is 2. The van der Waals surface area contributed by atoms with Crippen molar-refractivity contribution in [2.75, 3.05) is 5.43 Å². The molecule has 6 heteroatoms. The highest BCUT2D eigenvalue weighted by atomic mass is 79.9. The summed E-state index contributed by atoms with van der Waals surface area (Å²) < 4.78 is 19.3. The van der Waals surface area contributed by atoms with Crippen LogP contribution in [0, 0.1) is 5.82 Å². The first-order valence-corrected chi connectivity index (χ1v) is 5.98. The molecule has 2 rings (SSSR count). The van der Waals surface area contributed by atoms with E-state index in [0.717, 1.165) is 5.56 Å². The van der Waals surface area contributed by atoms with E-state index in [9.17, 15) is 4.39 Å². The molecule has 0 amide bonds. The van der Waals surface area contributed by atoms with Crippen LogP contribution < -0.4 is 16.0 Å². The van der Waals surface area contributed by atoms with Crippen molar-refractivity contribution in [3.63, 3.8) is 0 Å². The summed E-state index contributed by atoms with van der Waals surface area (Å²) in [5, 5.41) is 0. The van der Waals surface area contributed by atoms with E-state index in [1.165, 1.54) is 12.1 Å². The SMILES string of the molecule is NNc1ncccc1COc1cc(F)ccc1Br. The van der Waals surface area contributed by atoms with Gasteiger partial charge in [0.15, 0.2) is 0 Å². The van der Waals surface area contributed by atoms with Crippen LogP contribution in [0.5, 0.6) is 5.75 Å². The van der Waals surface area contributed by atoms with E-state index in [1.807, 2.05) is 6.07 Å². The van der Waals surface area contributed by atoms with E-state index >= 15 is 0 Å². The normalized spacial score (nSPS) is 10.2. The molecule has 1 heterocycles. The first kappa shape index (κ1) is 12.8. The number of anilines is 1. The van der Waals surface area contributed by atoms with Gasteiger partial charge in [-0.05, 0) is 34.1 Å². The van der Waals surface area contributed by atoms with Gasteiger partial charge in [-0.3, -0.25) is 0 Å². The summed E-state index contributed by atoms with van der Waals surface area (Å²) in [6, 6.07) is 7.87. The maximum absolute atomic E-state index is 13.1. The molecule has 4 nitrogen and oxygen atoms in total. The Balaban J connectivity index is 2.14. The number of nitrogens with zero attached hydrogens (tertiary/aromatic N) is 1. The average Bonchev–Trinajstić information content (AvgIpc) is 2.40. The van der Waals surface area contributed by atoms with E-state index in [2.05, 4.69) is 26.3 Å². The van der Waals surface area contributed by atoms with Gasteiger partial charge in [0.2, 0.25) is 0 Å². The Hall–Kier alpha value is -1.66. The van der Waals surface area contributed by atoms with Gasteiger partial charge in [-0.1, -0.05) is 6.07 Å². The Morgan fingerprint density at radius 3 is 3.00 bits per heavy atom. The number of rotatable bonds is 4. The smallest absolute Gasteiger partial charge is 0.146 e. The van der Waals surface area contributed by atoms with Gasteiger partial charge in [-0.15, -0.1) is 0 Å². The minimum absolute atomic E-state index is 0.245. The number of pyridine rings is 1. The second-order valence-corrected chi connectivity index (χ2v) is 4.37.